The van der Waals surface area contributed by atoms with Crippen LogP contribution in [0.5, 0.6) is 0 Å². The summed E-state index contributed by atoms with van der Waals surface area (Å²) in [5.41, 5.74) is 7.36. The SMILES string of the molecule is Cc1nc(N)ncc1CBr. The van der Waals surface area contributed by atoms with Crippen LogP contribution in [0.4, 0.5) is 5.95 Å². The number of aromatic nitrogens is 2. The Morgan fingerprint density at radius 1 is 1.70 bits per heavy atom. The molecule has 10 heavy (non-hydrogen) atoms. The van der Waals surface area contributed by atoms with E-state index in [0.29, 0.717) is 5.95 Å². The third kappa shape index (κ3) is 1.44. The van der Waals surface area contributed by atoms with Crippen LogP contribution in [-0.2, 0) is 5.33 Å². The number of hydrogen-bond donors (Lipinski definition) is 1. The highest BCUT2D eigenvalue weighted by atomic mass is 79.9. The van der Waals surface area contributed by atoms with E-state index in [1.165, 1.54) is 0 Å². The van der Waals surface area contributed by atoms with Gasteiger partial charge in [0.2, 0.25) is 5.95 Å². The predicted octanol–water partition coefficient (Wildman–Crippen LogP) is 1.26. The maximum Gasteiger partial charge on any atom is 0.220 e. The van der Waals surface area contributed by atoms with Crippen molar-refractivity contribution < 1.29 is 0 Å². The van der Waals surface area contributed by atoms with E-state index < -0.39 is 0 Å². The van der Waals surface area contributed by atoms with Crippen LogP contribution in [0.15, 0.2) is 6.20 Å². The molecule has 0 radical (unpaired) electrons. The van der Waals surface area contributed by atoms with E-state index in [1.54, 1.807) is 6.20 Å². The minimum atomic E-state index is 0.335. The monoisotopic (exact) mass is 201 g/mol. The van der Waals surface area contributed by atoms with Crippen molar-refractivity contribution in [2.45, 2.75) is 12.3 Å². The lowest BCUT2D eigenvalue weighted by Crippen LogP contribution is -1.98. The van der Waals surface area contributed by atoms with Gasteiger partial charge in [0.15, 0.2) is 0 Å². The van der Waals surface area contributed by atoms with E-state index in [1.807, 2.05) is 6.92 Å². The number of rotatable bonds is 1. The van der Waals surface area contributed by atoms with E-state index in [0.717, 1.165) is 16.6 Å². The summed E-state index contributed by atoms with van der Waals surface area (Å²) in [6.07, 6.45) is 1.73. The molecule has 4 heteroatoms. The topological polar surface area (TPSA) is 51.8 Å². The van der Waals surface area contributed by atoms with Crippen molar-refractivity contribution >= 4 is 21.9 Å². The quantitative estimate of drug-likeness (QED) is 0.697. The molecule has 3 nitrogen and oxygen atoms in total. The van der Waals surface area contributed by atoms with Gasteiger partial charge < -0.3 is 5.73 Å². The molecule has 1 aromatic rings. The average molecular weight is 202 g/mol. The zero-order chi connectivity index (χ0) is 7.56. The molecule has 0 fully saturated rings. The van der Waals surface area contributed by atoms with Gasteiger partial charge in [0, 0.05) is 22.8 Å². The summed E-state index contributed by atoms with van der Waals surface area (Å²) in [4.78, 5) is 7.83. The Bertz CT molecular complexity index is 236. The van der Waals surface area contributed by atoms with Gasteiger partial charge in [-0.25, -0.2) is 9.97 Å². The second-order valence-electron chi connectivity index (χ2n) is 1.97. The van der Waals surface area contributed by atoms with Crippen molar-refractivity contribution in [3.8, 4) is 0 Å². The Morgan fingerprint density at radius 2 is 2.40 bits per heavy atom. The predicted molar refractivity (Wildman–Crippen MR) is 43.8 cm³/mol. The van der Waals surface area contributed by atoms with Crippen LogP contribution >= 0.6 is 15.9 Å². The molecule has 0 spiro atoms. The largest absolute Gasteiger partial charge is 0.368 e. The van der Waals surface area contributed by atoms with Crippen LogP contribution in [-0.4, -0.2) is 9.97 Å². The molecular weight excluding hydrogens is 194 g/mol. The average Bonchev–Trinajstić information content (AvgIpc) is 1.88. The van der Waals surface area contributed by atoms with Gasteiger partial charge in [-0.1, -0.05) is 15.9 Å². The number of hydrogen-bond acceptors (Lipinski definition) is 3. The van der Waals surface area contributed by atoms with Crippen molar-refractivity contribution in [3.63, 3.8) is 0 Å². The Balaban J connectivity index is 3.07. The fourth-order valence-electron chi connectivity index (χ4n) is 0.641. The summed E-state index contributed by atoms with van der Waals surface area (Å²) in [7, 11) is 0. The van der Waals surface area contributed by atoms with Gasteiger partial charge in [0.05, 0.1) is 0 Å². The fourth-order valence-corrected chi connectivity index (χ4v) is 1.19. The Morgan fingerprint density at radius 3 is 2.90 bits per heavy atom. The first kappa shape index (κ1) is 7.47. The van der Waals surface area contributed by atoms with E-state index >= 15 is 0 Å². The van der Waals surface area contributed by atoms with Gasteiger partial charge in [-0.05, 0) is 6.92 Å². The second-order valence-corrected chi connectivity index (χ2v) is 2.53. The zero-order valence-corrected chi connectivity index (χ0v) is 7.22. The summed E-state index contributed by atoms with van der Waals surface area (Å²) in [6, 6.07) is 0. The van der Waals surface area contributed by atoms with Crippen LogP contribution in [0.1, 0.15) is 11.3 Å². The zero-order valence-electron chi connectivity index (χ0n) is 5.63. The van der Waals surface area contributed by atoms with Crippen LogP contribution in [0.2, 0.25) is 0 Å². The molecule has 2 N–H and O–H groups in total. The smallest absolute Gasteiger partial charge is 0.220 e. The lowest BCUT2D eigenvalue weighted by atomic mass is 10.3. The van der Waals surface area contributed by atoms with Crippen molar-refractivity contribution in [2.24, 2.45) is 0 Å². The number of halogens is 1. The van der Waals surface area contributed by atoms with E-state index in [-0.39, 0.29) is 0 Å². The number of nitrogens with two attached hydrogens (primary N) is 1. The molecule has 0 saturated heterocycles. The summed E-state index contributed by atoms with van der Waals surface area (Å²) in [5, 5.41) is 0.777. The van der Waals surface area contributed by atoms with Crippen LogP contribution < -0.4 is 5.73 Å². The van der Waals surface area contributed by atoms with Gasteiger partial charge in [-0.3, -0.25) is 0 Å². The Kier molecular flexibility index (Phi) is 2.21. The first-order chi connectivity index (χ1) is 4.74. The van der Waals surface area contributed by atoms with E-state index in [2.05, 4.69) is 25.9 Å². The maximum absolute atomic E-state index is 5.34. The molecule has 1 heterocycles. The minimum Gasteiger partial charge on any atom is -0.368 e. The second kappa shape index (κ2) is 2.96. The molecule has 0 aromatic carbocycles. The maximum atomic E-state index is 5.34. The van der Waals surface area contributed by atoms with Crippen LogP contribution in [0, 0.1) is 6.92 Å². The molecule has 0 aliphatic heterocycles. The Labute approximate surface area is 67.8 Å². The highest BCUT2D eigenvalue weighted by Crippen LogP contribution is 2.08. The van der Waals surface area contributed by atoms with Gasteiger partial charge in [0.25, 0.3) is 0 Å². The molecule has 1 aromatic heterocycles. The molecule has 0 unspecified atom stereocenters. The van der Waals surface area contributed by atoms with Crippen molar-refractivity contribution in [1.29, 1.82) is 0 Å². The standard InChI is InChI=1S/C6H8BrN3/c1-4-5(2-7)3-9-6(8)10-4/h3H,2H2,1H3,(H2,8,9,10). The van der Waals surface area contributed by atoms with Crippen LogP contribution in [0.25, 0.3) is 0 Å². The van der Waals surface area contributed by atoms with Gasteiger partial charge in [-0.2, -0.15) is 0 Å². The van der Waals surface area contributed by atoms with E-state index in [4.69, 9.17) is 5.73 Å². The highest BCUT2D eigenvalue weighted by molar-refractivity contribution is 9.08. The summed E-state index contributed by atoms with van der Waals surface area (Å²) < 4.78 is 0. The molecule has 0 atom stereocenters. The van der Waals surface area contributed by atoms with Gasteiger partial charge in [-0.15, -0.1) is 0 Å². The number of aryl methyl sites for hydroxylation is 1. The number of nitrogens with zero attached hydrogens (tertiary/aromatic N) is 2. The van der Waals surface area contributed by atoms with Crippen molar-refractivity contribution in [1.82, 2.24) is 9.97 Å². The molecule has 54 valence electrons. The third-order valence-corrected chi connectivity index (χ3v) is 1.85. The lowest BCUT2D eigenvalue weighted by molar-refractivity contribution is 1.07. The Hall–Kier alpha value is -0.640. The van der Waals surface area contributed by atoms with Crippen LogP contribution in [0.3, 0.4) is 0 Å². The van der Waals surface area contributed by atoms with Gasteiger partial charge >= 0.3 is 0 Å². The fraction of sp³-hybridized carbons (Fsp3) is 0.333. The molecule has 0 aliphatic rings. The molecule has 0 amide bonds. The molecule has 0 aliphatic carbocycles. The van der Waals surface area contributed by atoms with E-state index in [9.17, 15) is 0 Å². The lowest BCUT2D eigenvalue weighted by Gasteiger charge is -1.99. The molecule has 1 rings (SSSR count). The first-order valence-electron chi connectivity index (χ1n) is 2.88. The number of alkyl halides is 1. The molecule has 0 saturated carbocycles. The van der Waals surface area contributed by atoms with Crippen molar-refractivity contribution in [3.05, 3.63) is 17.5 Å². The van der Waals surface area contributed by atoms with Gasteiger partial charge in [0.1, 0.15) is 0 Å². The number of anilines is 1. The highest BCUT2D eigenvalue weighted by Gasteiger charge is 1.97. The molecule has 0 bridgehead atoms. The summed E-state index contributed by atoms with van der Waals surface area (Å²) in [6.45, 7) is 1.91. The number of nitrogen functional groups attached to an aromatic ring is 1. The summed E-state index contributed by atoms with van der Waals surface area (Å²) >= 11 is 3.31. The molecular formula is C6H8BrN3. The summed E-state index contributed by atoms with van der Waals surface area (Å²) in [5.74, 6) is 0.335. The minimum absolute atomic E-state index is 0.335. The first-order valence-corrected chi connectivity index (χ1v) is 4.00. The normalized spacial score (nSPS) is 9.80. The van der Waals surface area contributed by atoms with Crippen molar-refractivity contribution in [2.75, 3.05) is 5.73 Å². The third-order valence-electron chi connectivity index (χ3n) is 1.24.